The van der Waals surface area contributed by atoms with E-state index in [-0.39, 0.29) is 16.7 Å². The Morgan fingerprint density at radius 2 is 2.00 bits per heavy atom. The van der Waals surface area contributed by atoms with E-state index in [1.54, 1.807) is 20.8 Å². The fourth-order valence-corrected chi connectivity index (χ4v) is 2.39. The van der Waals surface area contributed by atoms with Crippen molar-refractivity contribution in [1.29, 1.82) is 0 Å². The summed E-state index contributed by atoms with van der Waals surface area (Å²) in [7, 11) is 0. The number of anilines is 1. The minimum absolute atomic E-state index is 0.143. The Morgan fingerprint density at radius 1 is 1.37 bits per heavy atom. The molecule has 0 aliphatic rings. The van der Waals surface area contributed by atoms with Gasteiger partial charge >= 0.3 is 5.97 Å². The van der Waals surface area contributed by atoms with Gasteiger partial charge in [0, 0.05) is 11.0 Å². The van der Waals surface area contributed by atoms with Crippen molar-refractivity contribution in [3.63, 3.8) is 0 Å². The number of nitrogen functional groups attached to an aromatic ring is 1. The number of nitrogens with two attached hydrogens (primary N) is 1. The summed E-state index contributed by atoms with van der Waals surface area (Å²) in [6, 6.07) is 1.92. The minimum Gasteiger partial charge on any atom is -0.462 e. The van der Waals surface area contributed by atoms with Gasteiger partial charge in [-0.3, -0.25) is 4.79 Å². The molecule has 2 N–H and O–H groups in total. The molecule has 1 aromatic rings. The SMILES string of the molecule is CCC(Sc1cc(N)c(F)cc1F)C(=O)OC(C)C. The Kier molecular flexibility index (Phi) is 5.60. The summed E-state index contributed by atoms with van der Waals surface area (Å²) in [6.45, 7) is 5.28. The molecule has 0 aliphatic carbocycles. The highest BCUT2D eigenvalue weighted by molar-refractivity contribution is 8.00. The number of hydrogen-bond donors (Lipinski definition) is 1. The largest absolute Gasteiger partial charge is 0.462 e. The predicted octanol–water partition coefficient (Wildman–Crippen LogP) is 3.37. The van der Waals surface area contributed by atoms with Crippen LogP contribution >= 0.6 is 11.8 Å². The first-order valence-electron chi connectivity index (χ1n) is 5.96. The topological polar surface area (TPSA) is 52.3 Å². The monoisotopic (exact) mass is 289 g/mol. The summed E-state index contributed by atoms with van der Waals surface area (Å²) in [4.78, 5) is 11.9. The zero-order valence-corrected chi connectivity index (χ0v) is 11.9. The Labute approximate surface area is 115 Å². The molecular formula is C13H17F2NO2S. The van der Waals surface area contributed by atoms with E-state index in [9.17, 15) is 13.6 Å². The molecule has 0 radical (unpaired) electrons. The Hall–Kier alpha value is -1.30. The Morgan fingerprint density at radius 3 is 2.53 bits per heavy atom. The van der Waals surface area contributed by atoms with Crippen LogP contribution in [-0.2, 0) is 9.53 Å². The summed E-state index contributed by atoms with van der Waals surface area (Å²) >= 11 is 0.992. The van der Waals surface area contributed by atoms with E-state index >= 15 is 0 Å². The van der Waals surface area contributed by atoms with Crippen molar-refractivity contribution in [1.82, 2.24) is 0 Å². The van der Waals surface area contributed by atoms with E-state index in [1.165, 1.54) is 6.07 Å². The van der Waals surface area contributed by atoms with Crippen LogP contribution in [0.15, 0.2) is 17.0 Å². The van der Waals surface area contributed by atoms with E-state index in [0.717, 1.165) is 17.8 Å². The van der Waals surface area contributed by atoms with E-state index < -0.39 is 22.9 Å². The van der Waals surface area contributed by atoms with Gasteiger partial charge in [-0.25, -0.2) is 8.78 Å². The fourth-order valence-electron chi connectivity index (χ4n) is 1.39. The van der Waals surface area contributed by atoms with Gasteiger partial charge < -0.3 is 10.5 Å². The van der Waals surface area contributed by atoms with Gasteiger partial charge in [0.15, 0.2) is 0 Å². The van der Waals surface area contributed by atoms with Gasteiger partial charge in [0.2, 0.25) is 0 Å². The van der Waals surface area contributed by atoms with Crippen molar-refractivity contribution >= 4 is 23.4 Å². The molecular weight excluding hydrogens is 272 g/mol. The van der Waals surface area contributed by atoms with Gasteiger partial charge in [-0.15, -0.1) is 11.8 Å². The first-order chi connectivity index (χ1) is 8.85. The van der Waals surface area contributed by atoms with Gasteiger partial charge in [0.05, 0.1) is 11.8 Å². The molecule has 19 heavy (non-hydrogen) atoms. The zero-order valence-electron chi connectivity index (χ0n) is 11.1. The smallest absolute Gasteiger partial charge is 0.319 e. The summed E-state index contributed by atoms with van der Waals surface area (Å²) in [5.41, 5.74) is 5.25. The van der Waals surface area contributed by atoms with Crippen molar-refractivity contribution in [3.8, 4) is 0 Å². The molecule has 0 spiro atoms. The van der Waals surface area contributed by atoms with E-state index in [0.29, 0.717) is 6.42 Å². The number of ether oxygens (including phenoxy) is 1. The van der Waals surface area contributed by atoms with Gasteiger partial charge in [-0.05, 0) is 26.3 Å². The third-order valence-electron chi connectivity index (χ3n) is 2.31. The summed E-state index contributed by atoms with van der Waals surface area (Å²) in [6.07, 6.45) is 0.248. The highest BCUT2D eigenvalue weighted by Crippen LogP contribution is 2.31. The second kappa shape index (κ2) is 6.75. The van der Waals surface area contributed by atoms with E-state index in [2.05, 4.69) is 0 Å². The average Bonchev–Trinajstić information content (AvgIpc) is 2.31. The number of rotatable bonds is 5. The molecule has 1 unspecified atom stereocenters. The van der Waals surface area contributed by atoms with Crippen molar-refractivity contribution < 1.29 is 18.3 Å². The van der Waals surface area contributed by atoms with Crippen molar-refractivity contribution in [2.75, 3.05) is 5.73 Å². The number of carbonyl (C=O) groups excluding carboxylic acids is 1. The lowest BCUT2D eigenvalue weighted by molar-refractivity contribution is -0.146. The number of hydrogen-bond acceptors (Lipinski definition) is 4. The molecule has 0 amide bonds. The van der Waals surface area contributed by atoms with Crippen LogP contribution < -0.4 is 5.73 Å². The second-order valence-corrected chi connectivity index (χ2v) is 5.55. The van der Waals surface area contributed by atoms with Gasteiger partial charge in [-0.2, -0.15) is 0 Å². The molecule has 0 aromatic heterocycles. The molecule has 0 saturated heterocycles. The molecule has 0 aliphatic heterocycles. The summed E-state index contributed by atoms with van der Waals surface area (Å²) < 4.78 is 31.7. The number of carbonyl (C=O) groups is 1. The van der Waals surface area contributed by atoms with Crippen LogP contribution in [0.25, 0.3) is 0 Å². The van der Waals surface area contributed by atoms with Gasteiger partial charge in [0.1, 0.15) is 16.9 Å². The van der Waals surface area contributed by atoms with Gasteiger partial charge in [-0.1, -0.05) is 6.92 Å². The van der Waals surface area contributed by atoms with Crippen LogP contribution in [0.2, 0.25) is 0 Å². The number of esters is 1. The molecule has 106 valence electrons. The third-order valence-corrected chi connectivity index (χ3v) is 3.68. The first kappa shape index (κ1) is 15.8. The molecule has 3 nitrogen and oxygen atoms in total. The average molecular weight is 289 g/mol. The van der Waals surface area contributed by atoms with Crippen LogP contribution in [0.1, 0.15) is 27.2 Å². The van der Waals surface area contributed by atoms with Crippen LogP contribution in [0.5, 0.6) is 0 Å². The predicted molar refractivity (Wildman–Crippen MR) is 71.9 cm³/mol. The number of thioether (sulfide) groups is 1. The summed E-state index contributed by atoms with van der Waals surface area (Å²) in [5.74, 6) is -1.95. The lowest BCUT2D eigenvalue weighted by Crippen LogP contribution is -2.22. The van der Waals surface area contributed by atoms with Crippen molar-refractivity contribution in [2.45, 2.75) is 43.4 Å². The lowest BCUT2D eigenvalue weighted by atomic mass is 10.3. The van der Waals surface area contributed by atoms with Crippen molar-refractivity contribution in [2.24, 2.45) is 0 Å². The Bertz CT molecular complexity index is 466. The normalized spacial score (nSPS) is 12.5. The lowest BCUT2D eigenvalue weighted by Gasteiger charge is -2.16. The standard InChI is InChI=1S/C13H17F2NO2S/c1-4-11(13(17)18-7(2)3)19-12-6-10(16)8(14)5-9(12)15/h5-7,11H,4,16H2,1-3H3. The van der Waals surface area contributed by atoms with Crippen LogP contribution in [0.3, 0.4) is 0 Å². The van der Waals surface area contributed by atoms with E-state index in [4.69, 9.17) is 10.5 Å². The van der Waals surface area contributed by atoms with Crippen LogP contribution in [-0.4, -0.2) is 17.3 Å². The number of halogens is 2. The molecule has 1 atom stereocenters. The molecule has 1 rings (SSSR count). The highest BCUT2D eigenvalue weighted by atomic mass is 32.2. The highest BCUT2D eigenvalue weighted by Gasteiger charge is 2.22. The maximum atomic E-state index is 13.6. The van der Waals surface area contributed by atoms with Gasteiger partial charge in [0.25, 0.3) is 0 Å². The molecule has 0 heterocycles. The first-order valence-corrected chi connectivity index (χ1v) is 6.84. The quantitative estimate of drug-likeness (QED) is 0.513. The second-order valence-electron chi connectivity index (χ2n) is 4.30. The molecule has 0 fully saturated rings. The third kappa shape index (κ3) is 4.38. The Balaban J connectivity index is 2.87. The fraction of sp³-hybridized carbons (Fsp3) is 0.462. The number of benzene rings is 1. The van der Waals surface area contributed by atoms with E-state index in [1.807, 2.05) is 0 Å². The maximum absolute atomic E-state index is 13.6. The molecule has 0 bridgehead atoms. The van der Waals surface area contributed by atoms with Crippen molar-refractivity contribution in [3.05, 3.63) is 23.8 Å². The minimum atomic E-state index is -0.806. The molecule has 0 saturated carbocycles. The zero-order chi connectivity index (χ0) is 14.6. The summed E-state index contributed by atoms with van der Waals surface area (Å²) in [5, 5.41) is -0.540. The maximum Gasteiger partial charge on any atom is 0.319 e. The van der Waals surface area contributed by atoms with Crippen LogP contribution in [0, 0.1) is 11.6 Å². The molecule has 1 aromatic carbocycles. The molecule has 6 heteroatoms. The van der Waals surface area contributed by atoms with Crippen LogP contribution in [0.4, 0.5) is 14.5 Å².